The van der Waals surface area contributed by atoms with Crippen molar-refractivity contribution >= 4 is 17.0 Å². The van der Waals surface area contributed by atoms with E-state index < -0.39 is 0 Å². The molecule has 0 unspecified atom stereocenters. The maximum atomic E-state index is 6.05. The summed E-state index contributed by atoms with van der Waals surface area (Å²) in [5.74, 6) is 2.08. The van der Waals surface area contributed by atoms with Crippen LogP contribution in [0.2, 0.25) is 0 Å². The molecule has 3 rings (SSSR count). The molecule has 0 radical (unpaired) electrons. The van der Waals surface area contributed by atoms with Gasteiger partial charge in [0.05, 0.1) is 31.8 Å². The fourth-order valence-corrected chi connectivity index (χ4v) is 2.43. The van der Waals surface area contributed by atoms with Crippen molar-refractivity contribution in [1.82, 2.24) is 9.55 Å². The number of ether oxygens (including phenoxy) is 2. The molecule has 2 N–H and O–H groups in total. The number of fused-ring (bicyclic) bond motifs is 1. The second kappa shape index (κ2) is 5.36. The number of nitrogens with zero attached hydrogens (tertiary/aromatic N) is 2. The van der Waals surface area contributed by atoms with Gasteiger partial charge in [-0.15, -0.1) is 0 Å². The van der Waals surface area contributed by atoms with Gasteiger partial charge in [0.15, 0.2) is 0 Å². The molecule has 0 aliphatic carbocycles. The first-order valence-electron chi connectivity index (χ1n) is 6.64. The van der Waals surface area contributed by atoms with E-state index >= 15 is 0 Å². The number of methoxy groups -OCH3 is 2. The number of nitrogens with two attached hydrogens (primary N) is 1. The zero-order chi connectivity index (χ0) is 14.8. The predicted molar refractivity (Wildman–Crippen MR) is 82.8 cm³/mol. The Morgan fingerprint density at radius 2 is 1.90 bits per heavy atom. The molecule has 21 heavy (non-hydrogen) atoms. The lowest BCUT2D eigenvalue weighted by Gasteiger charge is -2.11. The Hall–Kier alpha value is -2.69. The van der Waals surface area contributed by atoms with E-state index in [9.17, 15) is 0 Å². The van der Waals surface area contributed by atoms with Gasteiger partial charge in [-0.05, 0) is 18.2 Å². The van der Waals surface area contributed by atoms with Crippen molar-refractivity contribution in [2.45, 2.75) is 6.54 Å². The summed E-state index contributed by atoms with van der Waals surface area (Å²) >= 11 is 0. The minimum Gasteiger partial charge on any atom is -0.497 e. The molecular formula is C16H17N3O2. The highest BCUT2D eigenvalue weighted by molar-refractivity contribution is 5.80. The van der Waals surface area contributed by atoms with Crippen LogP contribution in [0.5, 0.6) is 11.5 Å². The fourth-order valence-electron chi connectivity index (χ4n) is 2.43. The number of anilines is 1. The summed E-state index contributed by atoms with van der Waals surface area (Å²) < 4.78 is 12.6. The number of imidazole rings is 1. The molecule has 0 aliphatic heterocycles. The maximum absolute atomic E-state index is 6.05. The Morgan fingerprint density at radius 3 is 2.67 bits per heavy atom. The number of aromatic nitrogens is 2. The van der Waals surface area contributed by atoms with Crippen LogP contribution in [0.1, 0.15) is 5.56 Å². The van der Waals surface area contributed by atoms with Crippen molar-refractivity contribution in [1.29, 1.82) is 0 Å². The quantitative estimate of drug-likeness (QED) is 0.799. The van der Waals surface area contributed by atoms with Gasteiger partial charge in [0.1, 0.15) is 11.5 Å². The Bertz CT molecular complexity index is 780. The van der Waals surface area contributed by atoms with Gasteiger partial charge in [0.25, 0.3) is 0 Å². The lowest BCUT2D eigenvalue weighted by Crippen LogP contribution is -2.05. The van der Waals surface area contributed by atoms with Crippen LogP contribution in [-0.2, 0) is 6.54 Å². The standard InChI is InChI=1S/C16H17N3O2/c1-20-12-7-8-14-13(9-12)18-16(17)19(14)10-11-5-3-4-6-15(11)21-2/h3-9H,10H2,1-2H3,(H2,17,18). The minimum absolute atomic E-state index is 0.476. The van der Waals surface area contributed by atoms with Gasteiger partial charge in [-0.2, -0.15) is 0 Å². The highest BCUT2D eigenvalue weighted by Crippen LogP contribution is 2.26. The summed E-state index contributed by atoms with van der Waals surface area (Å²) in [5.41, 5.74) is 8.90. The average molecular weight is 283 g/mol. The van der Waals surface area contributed by atoms with E-state index in [0.29, 0.717) is 12.5 Å². The van der Waals surface area contributed by atoms with Gasteiger partial charge >= 0.3 is 0 Å². The Kier molecular flexibility index (Phi) is 3.39. The molecule has 0 aliphatic rings. The van der Waals surface area contributed by atoms with Crippen LogP contribution in [0, 0.1) is 0 Å². The largest absolute Gasteiger partial charge is 0.497 e. The summed E-state index contributed by atoms with van der Waals surface area (Å²) in [7, 11) is 3.30. The van der Waals surface area contributed by atoms with E-state index in [2.05, 4.69) is 4.98 Å². The first-order chi connectivity index (χ1) is 10.2. The molecule has 0 saturated carbocycles. The third kappa shape index (κ3) is 2.38. The van der Waals surface area contributed by atoms with Crippen LogP contribution >= 0.6 is 0 Å². The number of hydrogen-bond donors (Lipinski definition) is 1. The lowest BCUT2D eigenvalue weighted by molar-refractivity contribution is 0.408. The Labute approximate surface area is 122 Å². The van der Waals surface area contributed by atoms with Gasteiger partial charge in [0.2, 0.25) is 5.95 Å². The van der Waals surface area contributed by atoms with Gasteiger partial charge in [-0.25, -0.2) is 4.98 Å². The van der Waals surface area contributed by atoms with Gasteiger partial charge in [-0.1, -0.05) is 18.2 Å². The van der Waals surface area contributed by atoms with Crippen molar-refractivity contribution in [2.75, 3.05) is 20.0 Å². The number of benzene rings is 2. The van der Waals surface area contributed by atoms with E-state index in [1.807, 2.05) is 47.0 Å². The van der Waals surface area contributed by atoms with Gasteiger partial charge in [-0.3, -0.25) is 0 Å². The molecule has 108 valence electrons. The maximum Gasteiger partial charge on any atom is 0.201 e. The van der Waals surface area contributed by atoms with Crippen LogP contribution in [0.4, 0.5) is 5.95 Å². The molecule has 2 aromatic carbocycles. The zero-order valence-electron chi connectivity index (χ0n) is 12.0. The third-order valence-electron chi connectivity index (χ3n) is 3.51. The fraction of sp³-hybridized carbons (Fsp3) is 0.188. The molecule has 0 saturated heterocycles. The van der Waals surface area contributed by atoms with E-state index in [1.165, 1.54) is 0 Å². The summed E-state index contributed by atoms with van der Waals surface area (Å²) in [5, 5.41) is 0. The van der Waals surface area contributed by atoms with Crippen molar-refractivity contribution in [3.8, 4) is 11.5 Å². The molecule has 5 heteroatoms. The molecule has 0 spiro atoms. The van der Waals surface area contributed by atoms with Crippen LogP contribution in [0.15, 0.2) is 42.5 Å². The lowest BCUT2D eigenvalue weighted by atomic mass is 10.2. The number of para-hydroxylation sites is 1. The third-order valence-corrected chi connectivity index (χ3v) is 3.51. The van der Waals surface area contributed by atoms with E-state index in [1.54, 1.807) is 14.2 Å². The second-order valence-corrected chi connectivity index (χ2v) is 4.72. The molecule has 0 bridgehead atoms. The monoisotopic (exact) mass is 283 g/mol. The predicted octanol–water partition coefficient (Wildman–Crippen LogP) is 2.68. The Balaban J connectivity index is 2.06. The van der Waals surface area contributed by atoms with E-state index in [0.717, 1.165) is 28.1 Å². The molecule has 3 aromatic rings. The molecule has 0 fully saturated rings. The summed E-state index contributed by atoms with van der Waals surface area (Å²) in [6.45, 7) is 0.610. The molecule has 1 aromatic heterocycles. The van der Waals surface area contributed by atoms with Crippen LogP contribution in [0.25, 0.3) is 11.0 Å². The molecule has 5 nitrogen and oxygen atoms in total. The molecule has 0 atom stereocenters. The number of nitrogen functional groups attached to an aromatic ring is 1. The highest BCUT2D eigenvalue weighted by atomic mass is 16.5. The zero-order valence-corrected chi connectivity index (χ0v) is 12.0. The number of rotatable bonds is 4. The highest BCUT2D eigenvalue weighted by Gasteiger charge is 2.11. The first-order valence-corrected chi connectivity index (χ1v) is 6.64. The van der Waals surface area contributed by atoms with Crippen LogP contribution in [-0.4, -0.2) is 23.8 Å². The summed E-state index contributed by atoms with van der Waals surface area (Å²) in [6, 6.07) is 13.6. The van der Waals surface area contributed by atoms with Crippen molar-refractivity contribution in [2.24, 2.45) is 0 Å². The Morgan fingerprint density at radius 1 is 1.10 bits per heavy atom. The topological polar surface area (TPSA) is 62.3 Å². The summed E-state index contributed by atoms with van der Waals surface area (Å²) in [4.78, 5) is 4.39. The molecule has 1 heterocycles. The van der Waals surface area contributed by atoms with Crippen LogP contribution in [0.3, 0.4) is 0 Å². The van der Waals surface area contributed by atoms with E-state index in [-0.39, 0.29) is 0 Å². The van der Waals surface area contributed by atoms with Gasteiger partial charge < -0.3 is 19.8 Å². The normalized spacial score (nSPS) is 10.8. The van der Waals surface area contributed by atoms with Gasteiger partial charge in [0, 0.05) is 11.6 Å². The summed E-state index contributed by atoms with van der Waals surface area (Å²) in [6.07, 6.45) is 0. The average Bonchev–Trinajstić information content (AvgIpc) is 2.83. The minimum atomic E-state index is 0.476. The van der Waals surface area contributed by atoms with Crippen LogP contribution < -0.4 is 15.2 Å². The van der Waals surface area contributed by atoms with Crippen molar-refractivity contribution in [3.05, 3.63) is 48.0 Å². The SMILES string of the molecule is COc1ccc2c(c1)nc(N)n2Cc1ccccc1OC. The first kappa shape index (κ1) is 13.3. The number of hydrogen-bond acceptors (Lipinski definition) is 4. The second-order valence-electron chi connectivity index (χ2n) is 4.72. The van der Waals surface area contributed by atoms with Crippen molar-refractivity contribution < 1.29 is 9.47 Å². The molecular weight excluding hydrogens is 266 g/mol. The smallest absolute Gasteiger partial charge is 0.201 e. The van der Waals surface area contributed by atoms with Crippen molar-refractivity contribution in [3.63, 3.8) is 0 Å². The molecule has 0 amide bonds. The van der Waals surface area contributed by atoms with E-state index in [4.69, 9.17) is 15.2 Å².